The molecular formula is C18H15Na3O21W. The van der Waals surface area contributed by atoms with Crippen molar-refractivity contribution >= 4 is 53.7 Å². The molecule has 0 saturated carbocycles. The van der Waals surface area contributed by atoms with Gasteiger partial charge in [-0.2, -0.15) is 0 Å². The Morgan fingerprint density at radius 2 is 0.442 bits per heavy atom. The van der Waals surface area contributed by atoms with Crippen LogP contribution in [0.25, 0.3) is 0 Å². The smallest absolute Gasteiger partial charge is 0.550 e. The summed E-state index contributed by atoms with van der Waals surface area (Å²) >= 11 is 0. The van der Waals surface area contributed by atoms with Crippen LogP contribution < -0.4 is 135 Å². The molecule has 25 heteroatoms. The second-order valence-electron chi connectivity index (χ2n) is 7.25. The van der Waals surface area contributed by atoms with Crippen molar-refractivity contribution < 1.29 is 214 Å². The maximum atomic E-state index is 10.1. The molecule has 0 bridgehead atoms. The summed E-state index contributed by atoms with van der Waals surface area (Å²) in [6, 6.07) is 0. The van der Waals surface area contributed by atoms with E-state index in [-0.39, 0.29) is 110 Å². The quantitative estimate of drug-likeness (QED) is 0.129. The first-order chi connectivity index (χ1) is 17.3. The fourth-order valence-corrected chi connectivity index (χ4v) is 2.05. The molecule has 0 rings (SSSR count). The van der Waals surface area contributed by atoms with Gasteiger partial charge < -0.3 is 104 Å². The Balaban J connectivity index is -0.0000000864. The van der Waals surface area contributed by atoms with Crippen LogP contribution in [0.4, 0.5) is 0 Å². The number of rotatable bonds is 15. The van der Waals surface area contributed by atoms with Crippen molar-refractivity contribution in [3.05, 3.63) is 0 Å². The summed E-state index contributed by atoms with van der Waals surface area (Å²) in [5, 5.41) is 117. The Bertz CT molecular complexity index is 828. The van der Waals surface area contributed by atoms with Gasteiger partial charge in [-0.1, -0.05) is 0 Å². The van der Waals surface area contributed by atoms with Crippen LogP contribution in [0.15, 0.2) is 0 Å². The maximum absolute atomic E-state index is 10.1. The molecule has 0 aliphatic carbocycles. The number of aliphatic hydroxyl groups is 3. The zero-order valence-corrected chi connectivity index (χ0v) is 31.3. The molecule has 43 heavy (non-hydrogen) atoms. The van der Waals surface area contributed by atoms with Gasteiger partial charge in [0.1, 0.15) is 16.8 Å². The van der Waals surface area contributed by atoms with E-state index in [4.69, 9.17) is 15.3 Å². The van der Waals surface area contributed by atoms with E-state index in [1.807, 2.05) is 0 Å². The van der Waals surface area contributed by atoms with Crippen molar-refractivity contribution in [2.75, 3.05) is 0 Å². The maximum Gasteiger partial charge on any atom is 6.00 e. The number of hydrogen-bond acceptors (Lipinski definition) is 21. The van der Waals surface area contributed by atoms with Gasteiger partial charge in [0.2, 0.25) is 0 Å². The number of aliphatic carboxylic acids is 9. The molecule has 0 atom stereocenters. The Labute approximate surface area is 320 Å². The van der Waals surface area contributed by atoms with E-state index < -0.39 is 109 Å². The molecule has 0 aromatic rings. The van der Waals surface area contributed by atoms with Crippen LogP contribution in [-0.2, 0) is 64.2 Å². The summed E-state index contributed by atoms with van der Waals surface area (Å²) in [5.74, 6) is -18.0. The standard InChI is InChI=1S/3C6H8O7.3Na.W/c3*7-3(8)1-6(13,5(11)12)2-4(9)10;;;;/h3*13H,1-2H2,(H,7,8)(H,9,10)(H,11,12);;;;/q;;;3*+1;+6/p-9. The van der Waals surface area contributed by atoms with E-state index in [2.05, 4.69) is 0 Å². The second-order valence-corrected chi connectivity index (χ2v) is 7.25. The van der Waals surface area contributed by atoms with Gasteiger partial charge in [-0.05, 0) is 0 Å². The number of carbonyl (C=O) groups excluding carboxylic acids is 9. The average Bonchev–Trinajstić information content (AvgIpc) is 2.64. The van der Waals surface area contributed by atoms with Crippen LogP contribution in [0.1, 0.15) is 38.5 Å². The fraction of sp³-hybridized carbons (Fsp3) is 0.500. The van der Waals surface area contributed by atoms with Crippen molar-refractivity contribution in [1.29, 1.82) is 0 Å². The number of carboxylic acid groups (broad SMARTS) is 9. The zero-order chi connectivity index (χ0) is 31.9. The monoisotopic (exact) mass is 820 g/mol. The molecule has 0 fully saturated rings. The summed E-state index contributed by atoms with van der Waals surface area (Å²) in [6.45, 7) is 0. The molecule has 0 radical (unpaired) electrons. The Hall–Kier alpha value is -1.20. The van der Waals surface area contributed by atoms with E-state index in [1.165, 1.54) is 0 Å². The van der Waals surface area contributed by atoms with Crippen LogP contribution in [-0.4, -0.2) is 85.8 Å². The van der Waals surface area contributed by atoms with E-state index in [1.54, 1.807) is 0 Å². The molecule has 0 saturated heterocycles. The third kappa shape index (κ3) is 28.0. The Morgan fingerprint density at radius 1 is 0.349 bits per heavy atom. The molecule has 0 spiro atoms. The van der Waals surface area contributed by atoms with E-state index in [0.29, 0.717) is 0 Å². The summed E-state index contributed by atoms with van der Waals surface area (Å²) in [7, 11) is 0. The molecule has 21 nitrogen and oxygen atoms in total. The first kappa shape index (κ1) is 57.5. The molecule has 0 amide bonds. The molecule has 0 aromatic carbocycles. The van der Waals surface area contributed by atoms with Crippen molar-refractivity contribution in [1.82, 2.24) is 0 Å². The SMILES string of the molecule is O=C([O-])CC(O)(CC(=O)[O-])C(=O)[O-].O=C([O-])CC(O)(CC(=O)[O-])C(=O)[O-].O=C([O-])CC(O)(CC(=O)[O-])C(=O)[O-].[Na+].[Na+].[Na+].[W+6]. The average molecular weight is 820 g/mol. The van der Waals surface area contributed by atoms with Gasteiger partial charge in [-0.3, -0.25) is 0 Å². The summed E-state index contributed by atoms with van der Waals surface area (Å²) < 4.78 is 0. The van der Waals surface area contributed by atoms with Crippen molar-refractivity contribution in [2.45, 2.75) is 55.3 Å². The van der Waals surface area contributed by atoms with Crippen LogP contribution in [0.3, 0.4) is 0 Å². The van der Waals surface area contributed by atoms with Crippen LogP contribution in [0.5, 0.6) is 0 Å². The molecule has 0 aliphatic heterocycles. The number of carboxylic acids is 9. The predicted octanol–water partition coefficient (Wildman–Crippen LogP) is -24.7. The van der Waals surface area contributed by atoms with Gasteiger partial charge in [-0.25, -0.2) is 0 Å². The van der Waals surface area contributed by atoms with Gasteiger partial charge in [0.05, 0.1) is 17.9 Å². The summed E-state index contributed by atoms with van der Waals surface area (Å²) in [4.78, 5) is 90.0. The van der Waals surface area contributed by atoms with Crippen molar-refractivity contribution in [2.24, 2.45) is 0 Å². The molecule has 0 heterocycles. The largest absolute Gasteiger partial charge is 6.00 e. The van der Waals surface area contributed by atoms with E-state index >= 15 is 0 Å². The molecule has 0 unspecified atom stereocenters. The second kappa shape index (κ2) is 26.1. The van der Waals surface area contributed by atoms with Gasteiger partial charge in [-0.15, -0.1) is 0 Å². The van der Waals surface area contributed by atoms with Crippen molar-refractivity contribution in [3.63, 3.8) is 0 Å². The van der Waals surface area contributed by atoms with Crippen molar-refractivity contribution in [3.8, 4) is 0 Å². The molecule has 3 N–H and O–H groups in total. The van der Waals surface area contributed by atoms with Gasteiger partial charge in [0.25, 0.3) is 0 Å². The van der Waals surface area contributed by atoms with Gasteiger partial charge in [0, 0.05) is 74.3 Å². The zero-order valence-electron chi connectivity index (χ0n) is 22.3. The summed E-state index contributed by atoms with van der Waals surface area (Å²) in [6.07, 6.45) is -8.15. The number of carbonyl (C=O) groups is 9. The minimum atomic E-state index is -2.97. The predicted molar refractivity (Wildman–Crippen MR) is 87.6 cm³/mol. The molecule has 222 valence electrons. The first-order valence-electron chi connectivity index (χ1n) is 9.34. The third-order valence-corrected chi connectivity index (χ3v) is 3.76. The van der Waals surface area contributed by atoms with Gasteiger partial charge in [0.15, 0.2) is 0 Å². The fourth-order valence-electron chi connectivity index (χ4n) is 2.05. The van der Waals surface area contributed by atoms with Crippen LogP contribution in [0.2, 0.25) is 0 Å². The van der Waals surface area contributed by atoms with E-state index in [0.717, 1.165) is 0 Å². The van der Waals surface area contributed by atoms with Crippen LogP contribution >= 0.6 is 0 Å². The topological polar surface area (TPSA) is 422 Å². The van der Waals surface area contributed by atoms with E-state index in [9.17, 15) is 89.1 Å². The molecule has 0 aromatic heterocycles. The third-order valence-electron chi connectivity index (χ3n) is 3.76. The molecule has 0 aliphatic rings. The first-order valence-corrected chi connectivity index (χ1v) is 9.34. The van der Waals surface area contributed by atoms with Crippen LogP contribution in [0, 0.1) is 0 Å². The summed E-state index contributed by atoms with van der Waals surface area (Å²) in [5.41, 5.74) is -8.92. The number of hydrogen-bond donors (Lipinski definition) is 3. The molecular weight excluding hydrogens is 805 g/mol. The Morgan fingerprint density at radius 3 is 0.488 bits per heavy atom. The normalized spacial score (nSPS) is 9.84. The minimum Gasteiger partial charge on any atom is -0.550 e. The Kier molecular flexibility index (Phi) is 34.8. The van der Waals surface area contributed by atoms with Gasteiger partial charge >= 0.3 is 110 Å². The minimum absolute atomic E-state index is 0.